The maximum atomic E-state index is 12.3. The molecule has 24 heavy (non-hydrogen) atoms. The Morgan fingerprint density at radius 1 is 1.29 bits per heavy atom. The number of nitrogens with one attached hydrogen (secondary N) is 1. The maximum absolute atomic E-state index is 12.3. The van der Waals surface area contributed by atoms with E-state index in [1.807, 2.05) is 24.3 Å². The van der Waals surface area contributed by atoms with Crippen LogP contribution in [0.1, 0.15) is 23.5 Å². The lowest BCUT2D eigenvalue weighted by Gasteiger charge is -2.24. The van der Waals surface area contributed by atoms with Crippen molar-refractivity contribution >= 4 is 50.8 Å². The molecular formula is C16H17ClN2O4S. The molecule has 1 aromatic heterocycles. The molecule has 0 bridgehead atoms. The number of benzene rings is 1. The van der Waals surface area contributed by atoms with Crippen LogP contribution in [0.4, 0.5) is 0 Å². The van der Waals surface area contributed by atoms with Gasteiger partial charge in [0.2, 0.25) is 5.91 Å². The average Bonchev–Trinajstić information content (AvgIpc) is 2.87. The predicted molar refractivity (Wildman–Crippen MR) is 93.7 cm³/mol. The number of amides is 2. The van der Waals surface area contributed by atoms with Crippen LogP contribution in [0.25, 0.3) is 10.1 Å². The molecule has 0 spiro atoms. The number of carbonyl (C=O) groups excluding carboxylic acids is 2. The molecule has 0 saturated heterocycles. The summed E-state index contributed by atoms with van der Waals surface area (Å²) in [6.45, 7) is 2.74. The number of nitrogens with zero attached hydrogens (tertiary/aromatic N) is 1. The summed E-state index contributed by atoms with van der Waals surface area (Å²) in [4.78, 5) is 36.8. The quantitative estimate of drug-likeness (QED) is 0.820. The lowest BCUT2D eigenvalue weighted by Crippen LogP contribution is -2.45. The van der Waals surface area contributed by atoms with Crippen molar-refractivity contribution in [3.8, 4) is 0 Å². The number of carboxylic acid groups (broad SMARTS) is 1. The van der Waals surface area contributed by atoms with Crippen molar-refractivity contribution in [2.45, 2.75) is 19.9 Å². The van der Waals surface area contributed by atoms with E-state index in [0.717, 1.165) is 10.1 Å². The van der Waals surface area contributed by atoms with Crippen molar-refractivity contribution < 1.29 is 19.5 Å². The standard InChI is InChI=1S/C16H17ClN2O4S/c1-9(2)19(8-13(21)22)12(20)7-18-16(23)15-14(17)10-5-3-4-6-11(10)24-15/h3-6,9H,7-8H2,1-2H3,(H,18,23)(H,21,22). The van der Waals surface area contributed by atoms with Crippen LogP contribution in [0, 0.1) is 0 Å². The van der Waals surface area contributed by atoms with Gasteiger partial charge in [0.15, 0.2) is 0 Å². The van der Waals surface area contributed by atoms with E-state index >= 15 is 0 Å². The molecule has 1 heterocycles. The Bertz CT molecular complexity index is 787. The first-order valence-electron chi connectivity index (χ1n) is 7.27. The van der Waals surface area contributed by atoms with E-state index in [1.54, 1.807) is 13.8 Å². The van der Waals surface area contributed by atoms with E-state index in [2.05, 4.69) is 5.32 Å². The largest absolute Gasteiger partial charge is 0.480 e. The molecule has 128 valence electrons. The van der Waals surface area contributed by atoms with Crippen LogP contribution in [0.2, 0.25) is 5.02 Å². The fraction of sp³-hybridized carbons (Fsp3) is 0.312. The third-order valence-corrected chi connectivity index (χ3v) is 5.06. The van der Waals surface area contributed by atoms with Gasteiger partial charge in [-0.05, 0) is 19.9 Å². The van der Waals surface area contributed by atoms with Crippen LogP contribution in [-0.4, -0.2) is 46.9 Å². The zero-order valence-corrected chi connectivity index (χ0v) is 14.8. The molecule has 8 heteroatoms. The van der Waals surface area contributed by atoms with Crippen molar-refractivity contribution in [2.75, 3.05) is 13.1 Å². The monoisotopic (exact) mass is 368 g/mol. The highest BCUT2D eigenvalue weighted by Gasteiger charge is 2.22. The van der Waals surface area contributed by atoms with Crippen molar-refractivity contribution in [1.82, 2.24) is 10.2 Å². The Kier molecular flexibility index (Phi) is 5.80. The Morgan fingerprint density at radius 2 is 1.96 bits per heavy atom. The minimum Gasteiger partial charge on any atom is -0.480 e. The SMILES string of the molecule is CC(C)N(CC(=O)O)C(=O)CNC(=O)c1sc2ccccc2c1Cl. The number of fused-ring (bicyclic) bond motifs is 1. The second-order valence-corrected chi connectivity index (χ2v) is 6.86. The second-order valence-electron chi connectivity index (χ2n) is 5.43. The van der Waals surface area contributed by atoms with Crippen molar-refractivity contribution in [1.29, 1.82) is 0 Å². The number of carboxylic acids is 1. The highest BCUT2D eigenvalue weighted by Crippen LogP contribution is 2.34. The van der Waals surface area contributed by atoms with Crippen LogP contribution in [0.3, 0.4) is 0 Å². The van der Waals surface area contributed by atoms with E-state index in [-0.39, 0.29) is 12.6 Å². The van der Waals surface area contributed by atoms with Gasteiger partial charge in [-0.1, -0.05) is 29.8 Å². The molecule has 0 fully saturated rings. The van der Waals surface area contributed by atoms with Crippen LogP contribution in [0.15, 0.2) is 24.3 Å². The topological polar surface area (TPSA) is 86.7 Å². The first kappa shape index (κ1) is 18.2. The van der Waals surface area contributed by atoms with Gasteiger partial charge in [0.05, 0.1) is 11.6 Å². The Morgan fingerprint density at radius 3 is 2.54 bits per heavy atom. The highest BCUT2D eigenvalue weighted by atomic mass is 35.5. The van der Waals surface area contributed by atoms with Crippen LogP contribution in [0.5, 0.6) is 0 Å². The molecule has 6 nitrogen and oxygen atoms in total. The molecule has 2 amide bonds. The normalized spacial score (nSPS) is 10.8. The summed E-state index contributed by atoms with van der Waals surface area (Å²) in [6.07, 6.45) is 0. The number of carbonyl (C=O) groups is 3. The summed E-state index contributed by atoms with van der Waals surface area (Å²) in [6, 6.07) is 7.09. The predicted octanol–water partition coefficient (Wildman–Crippen LogP) is 2.61. The fourth-order valence-corrected chi connectivity index (χ4v) is 3.64. The summed E-state index contributed by atoms with van der Waals surface area (Å²) in [5, 5.41) is 12.5. The van der Waals surface area contributed by atoms with E-state index in [1.165, 1.54) is 16.2 Å². The van der Waals surface area contributed by atoms with E-state index in [4.69, 9.17) is 16.7 Å². The van der Waals surface area contributed by atoms with Gasteiger partial charge < -0.3 is 15.3 Å². The molecule has 2 aromatic rings. The van der Waals surface area contributed by atoms with E-state index in [0.29, 0.717) is 9.90 Å². The number of hydrogen-bond acceptors (Lipinski definition) is 4. The lowest BCUT2D eigenvalue weighted by atomic mass is 10.2. The number of aliphatic carboxylic acids is 1. The zero-order valence-electron chi connectivity index (χ0n) is 13.2. The van der Waals surface area contributed by atoms with Gasteiger partial charge in [0, 0.05) is 16.1 Å². The minimum atomic E-state index is -1.10. The van der Waals surface area contributed by atoms with Crippen LogP contribution >= 0.6 is 22.9 Å². The van der Waals surface area contributed by atoms with Crippen molar-refractivity contribution in [2.24, 2.45) is 0 Å². The van der Waals surface area contributed by atoms with Crippen molar-refractivity contribution in [3.05, 3.63) is 34.2 Å². The highest BCUT2D eigenvalue weighted by molar-refractivity contribution is 7.21. The third kappa shape index (κ3) is 4.04. The molecule has 2 rings (SSSR count). The number of thiophene rings is 1. The zero-order chi connectivity index (χ0) is 17.9. The van der Waals surface area contributed by atoms with Crippen molar-refractivity contribution in [3.63, 3.8) is 0 Å². The first-order chi connectivity index (χ1) is 11.3. The number of hydrogen-bond donors (Lipinski definition) is 2. The van der Waals surface area contributed by atoms with E-state index < -0.39 is 24.3 Å². The maximum Gasteiger partial charge on any atom is 0.323 e. The molecule has 0 saturated carbocycles. The summed E-state index contributed by atoms with van der Waals surface area (Å²) in [7, 11) is 0. The van der Waals surface area contributed by atoms with Gasteiger partial charge in [-0.3, -0.25) is 14.4 Å². The minimum absolute atomic E-state index is 0.279. The van der Waals surface area contributed by atoms with Crippen LogP contribution in [-0.2, 0) is 9.59 Å². The summed E-state index contributed by atoms with van der Waals surface area (Å²) in [5.41, 5.74) is 0. The van der Waals surface area contributed by atoms with E-state index in [9.17, 15) is 14.4 Å². The van der Waals surface area contributed by atoms with Crippen LogP contribution < -0.4 is 5.32 Å². The summed E-state index contributed by atoms with van der Waals surface area (Å²) < 4.78 is 0.883. The van der Waals surface area contributed by atoms with Gasteiger partial charge in [-0.15, -0.1) is 11.3 Å². The smallest absolute Gasteiger partial charge is 0.323 e. The average molecular weight is 369 g/mol. The molecule has 0 aliphatic carbocycles. The first-order valence-corrected chi connectivity index (χ1v) is 8.47. The molecule has 0 atom stereocenters. The molecule has 0 radical (unpaired) electrons. The summed E-state index contributed by atoms with van der Waals surface area (Å²) >= 11 is 7.47. The lowest BCUT2D eigenvalue weighted by molar-refractivity contribution is -0.145. The van der Waals surface area contributed by atoms with Gasteiger partial charge >= 0.3 is 5.97 Å². The molecule has 0 unspecified atom stereocenters. The summed E-state index contributed by atoms with van der Waals surface area (Å²) in [5.74, 6) is -2.01. The second kappa shape index (κ2) is 7.63. The Hall–Kier alpha value is -2.12. The fourth-order valence-electron chi connectivity index (χ4n) is 2.20. The molecule has 2 N–H and O–H groups in total. The third-order valence-electron chi connectivity index (χ3n) is 3.39. The number of rotatable bonds is 6. The Balaban J connectivity index is 2.07. The number of halogens is 1. The molecule has 1 aromatic carbocycles. The molecule has 0 aliphatic heterocycles. The molecular weight excluding hydrogens is 352 g/mol. The van der Waals surface area contributed by atoms with Gasteiger partial charge in [0.1, 0.15) is 11.4 Å². The van der Waals surface area contributed by atoms with Gasteiger partial charge in [-0.25, -0.2) is 0 Å². The molecule has 0 aliphatic rings. The Labute approximate surface area is 148 Å². The van der Waals surface area contributed by atoms with Gasteiger partial charge in [0.25, 0.3) is 5.91 Å². The van der Waals surface area contributed by atoms with Gasteiger partial charge in [-0.2, -0.15) is 0 Å².